The third-order valence-electron chi connectivity index (χ3n) is 2.03. The number of rotatable bonds is 1. The molecule has 0 saturated heterocycles. The van der Waals surface area contributed by atoms with Gasteiger partial charge in [-0.3, -0.25) is 0 Å². The van der Waals surface area contributed by atoms with E-state index in [1.165, 1.54) is 12.1 Å². The van der Waals surface area contributed by atoms with Gasteiger partial charge >= 0.3 is 5.63 Å². The number of benzene rings is 1. The molecular formula is C10H8O5. The molecule has 0 atom stereocenters. The Hall–Kier alpha value is -2.01. The molecule has 0 aliphatic carbocycles. The SMILES string of the molecule is O=c1oc(CO)cc2cc(O)cc(O)c12. The lowest BCUT2D eigenvalue weighted by Crippen LogP contribution is -2.02. The van der Waals surface area contributed by atoms with Gasteiger partial charge < -0.3 is 19.7 Å². The summed E-state index contributed by atoms with van der Waals surface area (Å²) in [5.41, 5.74) is -0.742. The molecule has 0 radical (unpaired) electrons. The highest BCUT2D eigenvalue weighted by Crippen LogP contribution is 2.27. The van der Waals surface area contributed by atoms with Crippen LogP contribution in [-0.4, -0.2) is 15.3 Å². The van der Waals surface area contributed by atoms with Gasteiger partial charge in [-0.15, -0.1) is 0 Å². The van der Waals surface area contributed by atoms with Crippen molar-refractivity contribution in [1.82, 2.24) is 0 Å². The molecule has 1 aromatic carbocycles. The Balaban J connectivity index is 2.91. The summed E-state index contributed by atoms with van der Waals surface area (Å²) in [5, 5.41) is 27.7. The predicted molar refractivity (Wildman–Crippen MR) is 51.7 cm³/mol. The molecule has 0 amide bonds. The van der Waals surface area contributed by atoms with Gasteiger partial charge in [0.25, 0.3) is 0 Å². The van der Waals surface area contributed by atoms with Crippen LogP contribution in [0.4, 0.5) is 0 Å². The van der Waals surface area contributed by atoms with Gasteiger partial charge in [-0.25, -0.2) is 4.79 Å². The van der Waals surface area contributed by atoms with E-state index < -0.39 is 12.2 Å². The molecule has 0 saturated carbocycles. The molecule has 5 heteroatoms. The number of aromatic hydroxyl groups is 2. The Morgan fingerprint density at radius 1 is 1.20 bits per heavy atom. The van der Waals surface area contributed by atoms with Gasteiger partial charge in [-0.05, 0) is 17.5 Å². The molecule has 78 valence electrons. The quantitative estimate of drug-likeness (QED) is 0.641. The third kappa shape index (κ3) is 1.53. The van der Waals surface area contributed by atoms with Gasteiger partial charge in [0.15, 0.2) is 0 Å². The van der Waals surface area contributed by atoms with Crippen molar-refractivity contribution in [2.24, 2.45) is 0 Å². The van der Waals surface area contributed by atoms with Crippen molar-refractivity contribution in [1.29, 1.82) is 0 Å². The fourth-order valence-electron chi connectivity index (χ4n) is 1.42. The number of aliphatic hydroxyl groups is 1. The van der Waals surface area contributed by atoms with Gasteiger partial charge in [0.05, 0.1) is 0 Å². The Morgan fingerprint density at radius 3 is 2.60 bits per heavy atom. The average molecular weight is 208 g/mol. The second-order valence-electron chi connectivity index (χ2n) is 3.09. The molecule has 15 heavy (non-hydrogen) atoms. The topological polar surface area (TPSA) is 90.9 Å². The fraction of sp³-hybridized carbons (Fsp3) is 0.100. The van der Waals surface area contributed by atoms with Crippen molar-refractivity contribution in [3.8, 4) is 11.5 Å². The van der Waals surface area contributed by atoms with E-state index in [9.17, 15) is 15.0 Å². The molecule has 0 fully saturated rings. The van der Waals surface area contributed by atoms with Crippen LogP contribution in [0.15, 0.2) is 27.4 Å². The zero-order valence-corrected chi connectivity index (χ0v) is 7.60. The average Bonchev–Trinajstić information content (AvgIpc) is 2.15. The van der Waals surface area contributed by atoms with Gasteiger partial charge in [0.2, 0.25) is 0 Å². The van der Waals surface area contributed by atoms with Crippen molar-refractivity contribution in [2.45, 2.75) is 6.61 Å². The highest BCUT2D eigenvalue weighted by molar-refractivity contribution is 5.88. The minimum Gasteiger partial charge on any atom is -0.508 e. The van der Waals surface area contributed by atoms with Crippen molar-refractivity contribution >= 4 is 10.8 Å². The lowest BCUT2D eigenvalue weighted by atomic mass is 10.1. The van der Waals surface area contributed by atoms with E-state index in [1.807, 2.05) is 0 Å². The Morgan fingerprint density at radius 2 is 1.93 bits per heavy atom. The minimum atomic E-state index is -0.742. The molecule has 1 heterocycles. The van der Waals surface area contributed by atoms with Crippen LogP contribution in [0.25, 0.3) is 10.8 Å². The zero-order chi connectivity index (χ0) is 11.0. The van der Waals surface area contributed by atoms with Gasteiger partial charge in [0, 0.05) is 6.07 Å². The molecule has 2 aromatic rings. The first-order chi connectivity index (χ1) is 7.11. The normalized spacial score (nSPS) is 10.7. The summed E-state index contributed by atoms with van der Waals surface area (Å²) in [6, 6.07) is 3.75. The van der Waals surface area contributed by atoms with Crippen LogP contribution in [0.3, 0.4) is 0 Å². The first-order valence-electron chi connectivity index (χ1n) is 4.21. The summed E-state index contributed by atoms with van der Waals surface area (Å²) < 4.78 is 4.71. The maximum Gasteiger partial charge on any atom is 0.347 e. The van der Waals surface area contributed by atoms with Crippen molar-refractivity contribution in [3.05, 3.63) is 34.4 Å². The number of phenolic OH excluding ortho intramolecular Hbond substituents is 2. The fourth-order valence-corrected chi connectivity index (χ4v) is 1.42. The van der Waals surface area contributed by atoms with Gasteiger partial charge in [-0.1, -0.05) is 0 Å². The van der Waals surface area contributed by atoms with Crippen LogP contribution in [0, 0.1) is 0 Å². The smallest absolute Gasteiger partial charge is 0.347 e. The van der Waals surface area contributed by atoms with E-state index >= 15 is 0 Å². The van der Waals surface area contributed by atoms with Gasteiger partial charge in [-0.2, -0.15) is 0 Å². The molecule has 1 aromatic heterocycles. The standard InChI is InChI=1S/C10H8O5/c11-4-7-2-5-1-6(12)3-8(13)9(5)10(14)15-7/h1-3,11-13H,4H2. The van der Waals surface area contributed by atoms with Crippen LogP contribution < -0.4 is 5.63 Å². The maximum absolute atomic E-state index is 11.4. The van der Waals surface area contributed by atoms with E-state index in [2.05, 4.69) is 0 Å². The maximum atomic E-state index is 11.4. The van der Waals surface area contributed by atoms with E-state index in [0.717, 1.165) is 6.07 Å². The van der Waals surface area contributed by atoms with Crippen LogP contribution >= 0.6 is 0 Å². The first kappa shape index (κ1) is 9.54. The van der Waals surface area contributed by atoms with Crippen LogP contribution in [0.5, 0.6) is 11.5 Å². The van der Waals surface area contributed by atoms with Crippen molar-refractivity contribution in [3.63, 3.8) is 0 Å². The van der Waals surface area contributed by atoms with E-state index in [4.69, 9.17) is 9.52 Å². The van der Waals surface area contributed by atoms with Crippen LogP contribution in [0.1, 0.15) is 5.76 Å². The summed E-state index contributed by atoms with van der Waals surface area (Å²) in [6.07, 6.45) is 0. The summed E-state index contributed by atoms with van der Waals surface area (Å²) in [7, 11) is 0. The molecule has 3 N–H and O–H groups in total. The second kappa shape index (κ2) is 3.29. The molecule has 0 aliphatic heterocycles. The molecule has 0 bridgehead atoms. The largest absolute Gasteiger partial charge is 0.508 e. The summed E-state index contributed by atoms with van der Waals surface area (Å²) in [6.45, 7) is -0.415. The molecule has 0 aliphatic rings. The summed E-state index contributed by atoms with van der Waals surface area (Å²) in [4.78, 5) is 11.4. The monoisotopic (exact) mass is 208 g/mol. The number of hydrogen-bond acceptors (Lipinski definition) is 5. The molecule has 2 rings (SSSR count). The Kier molecular flexibility index (Phi) is 2.09. The lowest BCUT2D eigenvalue weighted by Gasteiger charge is -2.02. The van der Waals surface area contributed by atoms with Crippen molar-refractivity contribution < 1.29 is 19.7 Å². The number of phenols is 2. The predicted octanol–water partition coefficient (Wildman–Crippen LogP) is 0.696. The summed E-state index contributed by atoms with van der Waals surface area (Å²) >= 11 is 0. The second-order valence-corrected chi connectivity index (χ2v) is 3.09. The number of fused-ring (bicyclic) bond motifs is 1. The first-order valence-corrected chi connectivity index (χ1v) is 4.21. The molecule has 5 nitrogen and oxygen atoms in total. The zero-order valence-electron chi connectivity index (χ0n) is 7.60. The highest BCUT2D eigenvalue weighted by Gasteiger charge is 2.09. The van der Waals surface area contributed by atoms with Gasteiger partial charge in [0.1, 0.15) is 29.3 Å². The van der Waals surface area contributed by atoms with Crippen LogP contribution in [0.2, 0.25) is 0 Å². The minimum absolute atomic E-state index is 0.00926. The van der Waals surface area contributed by atoms with E-state index in [-0.39, 0.29) is 22.6 Å². The molecule has 0 spiro atoms. The Bertz CT molecular complexity index is 570. The number of hydrogen-bond donors (Lipinski definition) is 3. The van der Waals surface area contributed by atoms with E-state index in [1.54, 1.807) is 0 Å². The highest BCUT2D eigenvalue weighted by atomic mass is 16.4. The van der Waals surface area contributed by atoms with Crippen molar-refractivity contribution in [2.75, 3.05) is 0 Å². The lowest BCUT2D eigenvalue weighted by molar-refractivity contribution is 0.241. The third-order valence-corrected chi connectivity index (χ3v) is 2.03. The summed E-state index contributed by atoms with van der Waals surface area (Å²) in [5.74, 6) is -0.421. The van der Waals surface area contributed by atoms with Crippen LogP contribution in [-0.2, 0) is 6.61 Å². The molecular weight excluding hydrogens is 200 g/mol. The molecule has 0 unspecified atom stereocenters. The number of aliphatic hydroxyl groups excluding tert-OH is 1. The van der Waals surface area contributed by atoms with E-state index in [0.29, 0.717) is 5.39 Å². The Labute approximate surface area is 83.8 Å².